The molecular formula is C43H47FN8O6. The Morgan fingerprint density at radius 3 is 2.45 bits per heavy atom. The van der Waals surface area contributed by atoms with E-state index in [2.05, 4.69) is 32.6 Å². The average molecular weight is 791 g/mol. The van der Waals surface area contributed by atoms with Gasteiger partial charge in [-0.2, -0.15) is 0 Å². The fourth-order valence-corrected chi connectivity index (χ4v) is 8.11. The number of likely N-dealkylation sites (tertiary alicyclic amines) is 1. The van der Waals surface area contributed by atoms with Gasteiger partial charge in [0.25, 0.3) is 0 Å². The summed E-state index contributed by atoms with van der Waals surface area (Å²) in [4.78, 5) is 67.1. The van der Waals surface area contributed by atoms with Crippen molar-refractivity contribution in [1.29, 1.82) is 0 Å². The number of aryl methyl sites for hydroxylation is 1. The molecule has 3 aliphatic heterocycles. The van der Waals surface area contributed by atoms with Crippen molar-refractivity contribution in [3.05, 3.63) is 101 Å². The molecule has 4 heterocycles. The van der Waals surface area contributed by atoms with Gasteiger partial charge in [-0.05, 0) is 66.6 Å². The number of rotatable bonds is 11. The van der Waals surface area contributed by atoms with Gasteiger partial charge in [-0.25, -0.2) is 19.0 Å². The molecule has 1 aromatic heterocycles. The van der Waals surface area contributed by atoms with Crippen LogP contribution in [0.2, 0.25) is 0 Å². The van der Waals surface area contributed by atoms with Gasteiger partial charge in [0.05, 0.1) is 43.5 Å². The van der Waals surface area contributed by atoms with Crippen LogP contribution in [0.5, 0.6) is 0 Å². The number of methoxy groups -OCH3 is 2. The van der Waals surface area contributed by atoms with Crippen LogP contribution in [-0.2, 0) is 31.9 Å². The molecule has 0 bridgehead atoms. The molecule has 0 radical (unpaired) electrons. The number of carbonyl (C=O) groups is 4. The number of hydrogen-bond acceptors (Lipinski definition) is 9. The first-order valence-electron chi connectivity index (χ1n) is 19.3. The Kier molecular flexibility index (Phi) is 11.6. The predicted molar refractivity (Wildman–Crippen MR) is 217 cm³/mol. The van der Waals surface area contributed by atoms with Crippen molar-refractivity contribution in [2.45, 2.75) is 70.2 Å². The second-order valence-corrected chi connectivity index (χ2v) is 15.0. The zero-order chi connectivity index (χ0) is 41.1. The Morgan fingerprint density at radius 2 is 1.74 bits per heavy atom. The topological polar surface area (TPSA) is 170 Å². The summed E-state index contributed by atoms with van der Waals surface area (Å²) < 4.78 is 25.4. The highest BCUT2D eigenvalue weighted by Gasteiger charge is 2.43. The molecule has 4 N–H and O–H groups in total. The van der Waals surface area contributed by atoms with E-state index in [1.807, 2.05) is 56.3 Å². The minimum atomic E-state index is -0.775. The van der Waals surface area contributed by atoms with E-state index in [9.17, 15) is 19.2 Å². The molecule has 1 unspecified atom stereocenters. The first-order chi connectivity index (χ1) is 28.0. The van der Waals surface area contributed by atoms with Crippen molar-refractivity contribution >= 4 is 42.1 Å². The quantitative estimate of drug-likeness (QED) is 0.132. The first-order valence-corrected chi connectivity index (χ1v) is 19.3. The van der Waals surface area contributed by atoms with Crippen LogP contribution < -0.4 is 20.9 Å². The second-order valence-electron chi connectivity index (χ2n) is 15.0. The molecular weight excluding hydrogens is 744 g/mol. The van der Waals surface area contributed by atoms with Crippen LogP contribution in [0.25, 0.3) is 28.1 Å². The van der Waals surface area contributed by atoms with Crippen molar-refractivity contribution in [1.82, 2.24) is 30.8 Å². The summed E-state index contributed by atoms with van der Waals surface area (Å²) >= 11 is 0. The third kappa shape index (κ3) is 7.88. The van der Waals surface area contributed by atoms with Crippen LogP contribution in [0.15, 0.2) is 78.1 Å². The summed E-state index contributed by atoms with van der Waals surface area (Å²) in [6.45, 7) is 7.79. The van der Waals surface area contributed by atoms with E-state index in [1.165, 1.54) is 26.5 Å². The maximum absolute atomic E-state index is 15.9. The number of nitrogens with one attached hydrogen (secondary N) is 4. The lowest BCUT2D eigenvalue weighted by molar-refractivity contribution is -0.135. The van der Waals surface area contributed by atoms with E-state index >= 15 is 4.39 Å². The average Bonchev–Trinajstić information content (AvgIpc) is 3.98. The highest BCUT2D eigenvalue weighted by Crippen LogP contribution is 2.44. The molecule has 3 aliphatic rings. The number of para-hydroxylation sites is 1. The number of benzene rings is 3. The van der Waals surface area contributed by atoms with Crippen molar-refractivity contribution in [2.75, 3.05) is 25.7 Å². The highest BCUT2D eigenvalue weighted by molar-refractivity contribution is 6.02. The molecule has 7 rings (SSSR count). The van der Waals surface area contributed by atoms with E-state index in [0.29, 0.717) is 60.4 Å². The molecule has 302 valence electrons. The Hall–Kier alpha value is -6.51. The Labute approximate surface area is 335 Å². The van der Waals surface area contributed by atoms with Crippen LogP contribution in [0, 0.1) is 11.7 Å². The summed E-state index contributed by atoms with van der Waals surface area (Å²) in [5.41, 5.74) is 6.61. The van der Waals surface area contributed by atoms with Gasteiger partial charge in [0, 0.05) is 30.3 Å². The van der Waals surface area contributed by atoms with Gasteiger partial charge < -0.3 is 35.3 Å². The molecule has 1 fully saturated rings. The fraction of sp³-hybridized carbons (Fsp3) is 0.349. The monoisotopic (exact) mass is 790 g/mol. The van der Waals surface area contributed by atoms with Gasteiger partial charge in [-0.1, -0.05) is 68.4 Å². The van der Waals surface area contributed by atoms with Crippen LogP contribution in [0.3, 0.4) is 0 Å². The lowest BCUT2D eigenvalue weighted by Crippen LogP contribution is -2.54. The van der Waals surface area contributed by atoms with Crippen molar-refractivity contribution in [2.24, 2.45) is 10.9 Å². The Morgan fingerprint density at radius 1 is 1.00 bits per heavy atom. The lowest BCUT2D eigenvalue weighted by Gasteiger charge is -2.32. The summed E-state index contributed by atoms with van der Waals surface area (Å²) in [5.74, 6) is -0.466. The zero-order valence-corrected chi connectivity index (χ0v) is 32.9. The summed E-state index contributed by atoms with van der Waals surface area (Å²) in [6, 6.07) is 16.5. The van der Waals surface area contributed by atoms with E-state index in [-0.39, 0.29) is 17.7 Å². The smallest absolute Gasteiger partial charge is 0.407 e. The number of imidazole rings is 1. The van der Waals surface area contributed by atoms with Crippen LogP contribution in [0.1, 0.15) is 61.7 Å². The number of hydrogen-bond donors (Lipinski definition) is 4. The number of anilines is 1. The summed E-state index contributed by atoms with van der Waals surface area (Å²) in [6.07, 6.45) is 4.52. The van der Waals surface area contributed by atoms with Crippen LogP contribution >= 0.6 is 0 Å². The third-order valence-corrected chi connectivity index (χ3v) is 11.1. The zero-order valence-electron chi connectivity index (χ0n) is 32.9. The second kappa shape index (κ2) is 16.9. The van der Waals surface area contributed by atoms with E-state index in [4.69, 9.17) is 14.5 Å². The number of aromatic nitrogens is 2. The number of aliphatic imine (C=N–C) groups is 1. The number of H-pyrrole nitrogens is 1. The predicted octanol–water partition coefficient (Wildman–Crippen LogP) is 6.10. The SMILES string of the molecule is C=N/C=C(\NC1CCCN1C(=O)[C@@H](NC(=O)OC)C(C)C)c1ccc(-c2ccc(-c3cnc([C@@H]4Cc5cccc6c5N4C(=O)[C@@H](NC(=O)OC)CC6)[nH]3)cc2)c(F)c1. The van der Waals surface area contributed by atoms with Gasteiger partial charge in [-0.3, -0.25) is 19.5 Å². The van der Waals surface area contributed by atoms with E-state index < -0.39 is 42.3 Å². The van der Waals surface area contributed by atoms with Crippen LogP contribution in [0.4, 0.5) is 19.7 Å². The molecule has 14 nitrogen and oxygen atoms in total. The molecule has 4 amide bonds. The maximum Gasteiger partial charge on any atom is 0.407 e. The van der Waals surface area contributed by atoms with E-state index in [0.717, 1.165) is 34.5 Å². The molecule has 0 spiro atoms. The number of amides is 4. The number of halogens is 1. The van der Waals surface area contributed by atoms with Gasteiger partial charge in [0.15, 0.2) is 0 Å². The summed E-state index contributed by atoms with van der Waals surface area (Å²) in [5, 5.41) is 8.71. The minimum Gasteiger partial charge on any atom is -0.453 e. The van der Waals surface area contributed by atoms with Crippen molar-refractivity contribution < 1.29 is 33.0 Å². The number of aromatic amines is 1. The molecule has 1 saturated heterocycles. The van der Waals surface area contributed by atoms with Crippen LogP contribution in [-0.4, -0.2) is 84.6 Å². The standard InChI is InChI=1S/C43H47FN8O6/c1-24(2)37(50-43(56)58-5)41(54)51-19-7-10-36(51)47-33(22-45-3)28-15-17-30(31(44)20-28)25-11-13-26(14-12-25)34-23-46-39(48-34)35-21-29-9-6-8-27-16-18-32(49-42(55)57-4)40(53)52(35)38(27)29/h6,8-9,11-15,17,20,22-24,32,35-37,47H,3,7,10,16,18-19,21H2,1-2,4-5H3,(H,46,48)(H,49,55)(H,50,56)/b33-22-/t32-,35-,36?,37-/m0/s1. The minimum absolute atomic E-state index is 0.177. The lowest BCUT2D eigenvalue weighted by atomic mass is 10.00. The number of ether oxygens (including phenoxy) is 2. The third-order valence-electron chi connectivity index (χ3n) is 11.1. The van der Waals surface area contributed by atoms with Gasteiger partial charge >= 0.3 is 12.2 Å². The molecule has 4 aromatic rings. The largest absolute Gasteiger partial charge is 0.453 e. The van der Waals surface area contributed by atoms with Gasteiger partial charge in [0.2, 0.25) is 11.8 Å². The molecule has 3 aromatic carbocycles. The maximum atomic E-state index is 15.9. The molecule has 15 heteroatoms. The summed E-state index contributed by atoms with van der Waals surface area (Å²) in [7, 11) is 2.53. The Bertz CT molecular complexity index is 2250. The van der Waals surface area contributed by atoms with Gasteiger partial charge in [0.1, 0.15) is 29.9 Å². The Balaban J connectivity index is 1.06. The van der Waals surface area contributed by atoms with Gasteiger partial charge in [-0.15, -0.1) is 0 Å². The first kappa shape index (κ1) is 39.7. The van der Waals surface area contributed by atoms with E-state index in [1.54, 1.807) is 28.1 Å². The number of nitrogens with zero attached hydrogens (tertiary/aromatic N) is 4. The fourth-order valence-electron chi connectivity index (χ4n) is 8.11. The molecule has 0 saturated carbocycles. The van der Waals surface area contributed by atoms with Crippen molar-refractivity contribution in [3.63, 3.8) is 0 Å². The highest BCUT2D eigenvalue weighted by atomic mass is 19.1. The number of alkyl carbamates (subject to hydrolysis) is 2. The molecule has 58 heavy (non-hydrogen) atoms. The molecule has 4 atom stereocenters. The normalized spacial score (nSPS) is 19.3. The van der Waals surface area contributed by atoms with Crippen molar-refractivity contribution in [3.8, 4) is 22.4 Å². The molecule has 0 aliphatic carbocycles. The number of carbonyl (C=O) groups excluding carboxylic acids is 4.